The molecule has 1 aliphatic carbocycles. The van der Waals surface area contributed by atoms with Gasteiger partial charge in [0.25, 0.3) is 0 Å². The number of benzene rings is 1. The molecular formula is C16H23NO2S. The summed E-state index contributed by atoms with van der Waals surface area (Å²) in [5, 5.41) is 0. The fourth-order valence-electron chi connectivity index (χ4n) is 3.78. The summed E-state index contributed by atoms with van der Waals surface area (Å²) in [6.07, 6.45) is 2.62. The van der Waals surface area contributed by atoms with Crippen molar-refractivity contribution in [1.29, 1.82) is 0 Å². The lowest BCUT2D eigenvalue weighted by atomic mass is 9.84. The number of rotatable bonds is 5. The number of hydrogen-bond acceptors (Lipinski definition) is 3. The lowest BCUT2D eigenvalue weighted by Crippen LogP contribution is -2.57. The summed E-state index contributed by atoms with van der Waals surface area (Å²) >= 11 is 0. The minimum absolute atomic E-state index is 0.0231. The second kappa shape index (κ2) is 4.85. The monoisotopic (exact) mass is 293 g/mol. The van der Waals surface area contributed by atoms with Gasteiger partial charge in [0.05, 0.1) is 5.75 Å². The fourth-order valence-corrected chi connectivity index (χ4v) is 5.22. The largest absolute Gasteiger partial charge is 0.302 e. The maximum atomic E-state index is 11.4. The molecule has 1 saturated heterocycles. The van der Waals surface area contributed by atoms with E-state index >= 15 is 0 Å². The minimum atomic E-state index is -2.86. The second-order valence-electron chi connectivity index (χ2n) is 7.06. The van der Waals surface area contributed by atoms with Gasteiger partial charge in [0.15, 0.2) is 0 Å². The number of nitrogens with zero attached hydrogens (tertiary/aromatic N) is 1. The molecule has 3 rings (SSSR count). The summed E-state index contributed by atoms with van der Waals surface area (Å²) in [6.45, 7) is 5.07. The first kappa shape index (κ1) is 14.1. The Labute approximate surface area is 121 Å². The SMILES string of the molecule is CC1(CS(C)(=O)=O)CN(C[C@@H]2C[C@H]2c2ccccc2)C1. The van der Waals surface area contributed by atoms with Crippen molar-refractivity contribution in [3.8, 4) is 0 Å². The van der Waals surface area contributed by atoms with Gasteiger partial charge in [0, 0.05) is 31.3 Å². The van der Waals surface area contributed by atoms with Gasteiger partial charge in [-0.2, -0.15) is 0 Å². The molecule has 0 radical (unpaired) electrons. The molecule has 0 unspecified atom stereocenters. The normalized spacial score (nSPS) is 28.9. The van der Waals surface area contributed by atoms with E-state index in [9.17, 15) is 8.42 Å². The molecule has 1 aromatic carbocycles. The summed E-state index contributed by atoms with van der Waals surface area (Å²) in [5.74, 6) is 1.81. The molecule has 1 aliphatic heterocycles. The van der Waals surface area contributed by atoms with E-state index in [4.69, 9.17) is 0 Å². The van der Waals surface area contributed by atoms with Crippen LogP contribution in [-0.2, 0) is 9.84 Å². The summed E-state index contributed by atoms with van der Waals surface area (Å²) < 4.78 is 22.8. The lowest BCUT2D eigenvalue weighted by molar-refractivity contribution is 0.0296. The Balaban J connectivity index is 1.47. The third kappa shape index (κ3) is 3.23. The van der Waals surface area contributed by atoms with Gasteiger partial charge in [-0.25, -0.2) is 8.42 Å². The van der Waals surface area contributed by atoms with Crippen LogP contribution in [0.4, 0.5) is 0 Å². The Kier molecular flexibility index (Phi) is 3.41. The van der Waals surface area contributed by atoms with Crippen LogP contribution < -0.4 is 0 Å². The van der Waals surface area contributed by atoms with Crippen LogP contribution in [-0.4, -0.2) is 45.0 Å². The van der Waals surface area contributed by atoms with Gasteiger partial charge in [0.1, 0.15) is 9.84 Å². The highest BCUT2D eigenvalue weighted by molar-refractivity contribution is 7.90. The van der Waals surface area contributed by atoms with E-state index < -0.39 is 9.84 Å². The van der Waals surface area contributed by atoms with E-state index in [0.29, 0.717) is 5.75 Å². The molecule has 0 aromatic heterocycles. The maximum Gasteiger partial charge on any atom is 0.148 e. The van der Waals surface area contributed by atoms with Crippen molar-refractivity contribution in [1.82, 2.24) is 4.90 Å². The van der Waals surface area contributed by atoms with E-state index in [1.54, 1.807) is 0 Å². The van der Waals surface area contributed by atoms with Crippen LogP contribution in [0, 0.1) is 11.3 Å². The molecule has 2 atom stereocenters. The summed E-state index contributed by atoms with van der Waals surface area (Å²) in [7, 11) is -2.86. The molecule has 20 heavy (non-hydrogen) atoms. The third-order valence-corrected chi connectivity index (χ3v) is 5.69. The van der Waals surface area contributed by atoms with Crippen LogP contribution in [0.3, 0.4) is 0 Å². The van der Waals surface area contributed by atoms with Crippen molar-refractivity contribution in [2.45, 2.75) is 19.3 Å². The molecule has 1 aromatic rings. The Bertz CT molecular complexity index is 576. The zero-order valence-corrected chi connectivity index (χ0v) is 13.1. The average Bonchev–Trinajstić information content (AvgIpc) is 3.05. The van der Waals surface area contributed by atoms with Gasteiger partial charge in [-0.05, 0) is 23.8 Å². The van der Waals surface area contributed by atoms with Crippen molar-refractivity contribution in [3.05, 3.63) is 35.9 Å². The predicted molar refractivity (Wildman–Crippen MR) is 81.5 cm³/mol. The van der Waals surface area contributed by atoms with Crippen molar-refractivity contribution in [2.75, 3.05) is 31.6 Å². The highest BCUT2D eigenvalue weighted by Crippen LogP contribution is 2.49. The van der Waals surface area contributed by atoms with Crippen molar-refractivity contribution < 1.29 is 8.42 Å². The summed E-state index contributed by atoms with van der Waals surface area (Å²) in [4.78, 5) is 2.42. The van der Waals surface area contributed by atoms with Crippen LogP contribution in [0.15, 0.2) is 30.3 Å². The predicted octanol–water partition coefficient (Wildman–Crippen LogP) is 2.16. The van der Waals surface area contributed by atoms with E-state index in [1.165, 1.54) is 18.2 Å². The van der Waals surface area contributed by atoms with Crippen molar-refractivity contribution in [3.63, 3.8) is 0 Å². The molecular weight excluding hydrogens is 270 g/mol. The van der Waals surface area contributed by atoms with Gasteiger partial charge in [-0.1, -0.05) is 37.3 Å². The minimum Gasteiger partial charge on any atom is -0.302 e. The summed E-state index contributed by atoms with van der Waals surface area (Å²) in [5.41, 5.74) is 1.43. The zero-order chi connectivity index (χ0) is 14.4. The Morgan fingerprint density at radius 1 is 1.25 bits per heavy atom. The Hall–Kier alpha value is -0.870. The second-order valence-corrected chi connectivity index (χ2v) is 9.20. The molecule has 2 fully saturated rings. The van der Waals surface area contributed by atoms with Crippen molar-refractivity contribution >= 4 is 9.84 Å². The number of sulfone groups is 1. The van der Waals surface area contributed by atoms with Crippen LogP contribution >= 0.6 is 0 Å². The molecule has 1 heterocycles. The van der Waals surface area contributed by atoms with E-state index in [2.05, 4.69) is 42.2 Å². The van der Waals surface area contributed by atoms with Gasteiger partial charge in [0.2, 0.25) is 0 Å². The first-order chi connectivity index (χ1) is 9.35. The van der Waals surface area contributed by atoms with Gasteiger partial charge < -0.3 is 4.90 Å². The lowest BCUT2D eigenvalue weighted by Gasteiger charge is -2.48. The van der Waals surface area contributed by atoms with Gasteiger partial charge in [-0.3, -0.25) is 0 Å². The van der Waals surface area contributed by atoms with Crippen LogP contribution in [0.25, 0.3) is 0 Å². The highest BCUT2D eigenvalue weighted by atomic mass is 32.2. The number of hydrogen-bond donors (Lipinski definition) is 0. The molecule has 110 valence electrons. The first-order valence-electron chi connectivity index (χ1n) is 7.30. The Morgan fingerprint density at radius 2 is 1.90 bits per heavy atom. The standard InChI is InChI=1S/C16H23NO2S/c1-16(12-20(2,18)19)10-17(11-16)9-14-8-15(14)13-6-4-3-5-7-13/h3-7,14-15H,8-12H2,1-2H3/t14-,15-/m0/s1. The van der Waals surface area contributed by atoms with Crippen LogP contribution in [0.2, 0.25) is 0 Å². The molecule has 1 saturated carbocycles. The molecule has 0 amide bonds. The van der Waals surface area contributed by atoms with Gasteiger partial charge >= 0.3 is 0 Å². The van der Waals surface area contributed by atoms with Crippen LogP contribution in [0.5, 0.6) is 0 Å². The van der Waals surface area contributed by atoms with E-state index in [-0.39, 0.29) is 5.41 Å². The Morgan fingerprint density at radius 3 is 2.50 bits per heavy atom. The maximum absolute atomic E-state index is 11.4. The molecule has 0 N–H and O–H groups in total. The molecule has 0 bridgehead atoms. The fraction of sp³-hybridized carbons (Fsp3) is 0.625. The molecule has 4 heteroatoms. The van der Waals surface area contributed by atoms with Crippen LogP contribution in [0.1, 0.15) is 24.8 Å². The van der Waals surface area contributed by atoms with Crippen molar-refractivity contribution in [2.24, 2.45) is 11.3 Å². The smallest absolute Gasteiger partial charge is 0.148 e. The molecule has 3 nitrogen and oxygen atoms in total. The van der Waals surface area contributed by atoms with E-state index in [1.807, 2.05) is 0 Å². The molecule has 2 aliphatic rings. The van der Waals surface area contributed by atoms with Gasteiger partial charge in [-0.15, -0.1) is 0 Å². The average molecular weight is 293 g/mol. The third-order valence-electron chi connectivity index (χ3n) is 4.46. The zero-order valence-electron chi connectivity index (χ0n) is 12.2. The highest BCUT2D eigenvalue weighted by Gasteiger charge is 2.45. The first-order valence-corrected chi connectivity index (χ1v) is 9.36. The number of likely N-dealkylation sites (tertiary alicyclic amines) is 1. The molecule has 0 spiro atoms. The van der Waals surface area contributed by atoms with E-state index in [0.717, 1.165) is 31.5 Å². The topological polar surface area (TPSA) is 37.4 Å². The summed E-state index contributed by atoms with van der Waals surface area (Å²) in [6, 6.07) is 10.7. The quantitative estimate of drug-likeness (QED) is 0.835.